The van der Waals surface area contributed by atoms with Crippen molar-refractivity contribution < 1.29 is 9.53 Å². The van der Waals surface area contributed by atoms with E-state index in [1.165, 1.54) is 0 Å². The van der Waals surface area contributed by atoms with E-state index in [0.717, 1.165) is 16.0 Å². The lowest BCUT2D eigenvalue weighted by Gasteiger charge is -2.12. The smallest absolute Gasteiger partial charge is 0.323 e. The number of carbonyl (C=O) groups is 1. The molecule has 0 spiro atoms. The molecular formula is C17H21NO2S. The summed E-state index contributed by atoms with van der Waals surface area (Å²) in [6, 6.07) is 16.5. The Kier molecular flexibility index (Phi) is 6.99. The third-order valence-electron chi connectivity index (χ3n) is 2.89. The highest BCUT2D eigenvalue weighted by atomic mass is 32.1. The Balaban J connectivity index is 0.00000220. The van der Waals surface area contributed by atoms with Crippen LogP contribution in [0.2, 0.25) is 0 Å². The van der Waals surface area contributed by atoms with Gasteiger partial charge < -0.3 is 10.5 Å². The summed E-state index contributed by atoms with van der Waals surface area (Å²) < 4.78 is 5.21. The van der Waals surface area contributed by atoms with Crippen molar-refractivity contribution in [1.82, 2.24) is 0 Å². The Hall–Kier alpha value is -1.78. The van der Waals surface area contributed by atoms with Crippen molar-refractivity contribution in [2.75, 3.05) is 0 Å². The monoisotopic (exact) mass is 303 g/mol. The summed E-state index contributed by atoms with van der Waals surface area (Å²) in [7, 11) is 0. The lowest BCUT2D eigenvalue weighted by Crippen LogP contribution is -2.34. The first-order valence-electron chi connectivity index (χ1n) is 6.39. The highest BCUT2D eigenvalue weighted by Gasteiger charge is 2.15. The third-order valence-corrected chi connectivity index (χ3v) is 3.17. The minimum Gasteiger partial charge on any atom is -0.460 e. The van der Waals surface area contributed by atoms with Crippen LogP contribution in [0.25, 0.3) is 0 Å². The molecule has 2 aromatic rings. The number of benzene rings is 2. The van der Waals surface area contributed by atoms with Crippen molar-refractivity contribution in [2.24, 2.45) is 5.73 Å². The van der Waals surface area contributed by atoms with E-state index in [0.29, 0.717) is 6.42 Å². The molecule has 0 aliphatic heterocycles. The van der Waals surface area contributed by atoms with Crippen molar-refractivity contribution >= 4 is 18.6 Å². The normalized spacial score (nSPS) is 11.3. The molecule has 21 heavy (non-hydrogen) atoms. The van der Waals surface area contributed by atoms with Gasteiger partial charge >= 0.3 is 5.97 Å². The molecule has 4 heteroatoms. The van der Waals surface area contributed by atoms with E-state index in [4.69, 9.17) is 10.5 Å². The predicted octanol–water partition coefficient (Wildman–Crippen LogP) is 3.22. The van der Waals surface area contributed by atoms with Gasteiger partial charge in [0, 0.05) is 4.90 Å². The fourth-order valence-electron chi connectivity index (χ4n) is 1.86. The molecule has 2 N–H and O–H groups in total. The van der Waals surface area contributed by atoms with Crippen molar-refractivity contribution in [3.8, 4) is 0 Å². The van der Waals surface area contributed by atoms with Gasteiger partial charge in [-0.15, -0.1) is 12.6 Å². The van der Waals surface area contributed by atoms with Gasteiger partial charge in [-0.25, -0.2) is 0 Å². The summed E-state index contributed by atoms with van der Waals surface area (Å²) in [6.07, 6.45) is 0.446. The number of hydrogen-bond acceptors (Lipinski definition) is 4. The van der Waals surface area contributed by atoms with Crippen LogP contribution >= 0.6 is 12.6 Å². The number of rotatable bonds is 5. The highest BCUT2D eigenvalue weighted by molar-refractivity contribution is 7.80. The van der Waals surface area contributed by atoms with E-state index in [1.54, 1.807) is 0 Å². The zero-order valence-electron chi connectivity index (χ0n) is 11.0. The van der Waals surface area contributed by atoms with Crippen LogP contribution < -0.4 is 5.73 Å². The zero-order chi connectivity index (χ0) is 14.4. The van der Waals surface area contributed by atoms with Gasteiger partial charge in [0.15, 0.2) is 0 Å². The molecule has 1 atom stereocenters. The highest BCUT2D eigenvalue weighted by Crippen LogP contribution is 2.11. The molecule has 0 bridgehead atoms. The van der Waals surface area contributed by atoms with E-state index < -0.39 is 12.0 Å². The van der Waals surface area contributed by atoms with Gasteiger partial charge in [0.05, 0.1) is 0 Å². The molecular weight excluding hydrogens is 282 g/mol. The molecule has 1 unspecified atom stereocenters. The van der Waals surface area contributed by atoms with Crippen LogP contribution in [-0.4, -0.2) is 12.0 Å². The van der Waals surface area contributed by atoms with Crippen molar-refractivity contribution in [3.63, 3.8) is 0 Å². The summed E-state index contributed by atoms with van der Waals surface area (Å²) in [4.78, 5) is 12.7. The minimum atomic E-state index is -0.658. The fraction of sp³-hybridized carbons (Fsp3) is 0.235. The van der Waals surface area contributed by atoms with Gasteiger partial charge in [-0.05, 0) is 29.7 Å². The van der Waals surface area contributed by atoms with Crippen LogP contribution in [0.5, 0.6) is 0 Å². The molecule has 0 aromatic heterocycles. The standard InChI is InChI=1S/C16H17NO2S.CH4/c17-15(10-13-7-4-8-14(20)9-13)16(18)19-11-12-5-2-1-3-6-12;/h1-9,15,20H,10-11,17H2;1H4. The predicted molar refractivity (Wildman–Crippen MR) is 88.3 cm³/mol. The maximum absolute atomic E-state index is 11.8. The van der Waals surface area contributed by atoms with Crippen molar-refractivity contribution in [2.45, 2.75) is 31.4 Å². The summed E-state index contributed by atoms with van der Waals surface area (Å²) in [5.41, 5.74) is 7.79. The Labute approximate surface area is 131 Å². The topological polar surface area (TPSA) is 52.3 Å². The molecule has 0 radical (unpaired) electrons. The molecule has 2 aromatic carbocycles. The summed E-state index contributed by atoms with van der Waals surface area (Å²) in [6.45, 7) is 0.250. The van der Waals surface area contributed by atoms with Crippen molar-refractivity contribution in [3.05, 3.63) is 65.7 Å². The van der Waals surface area contributed by atoms with Gasteiger partial charge in [0.25, 0.3) is 0 Å². The first kappa shape index (κ1) is 17.3. The van der Waals surface area contributed by atoms with Gasteiger partial charge in [0.1, 0.15) is 12.6 Å². The largest absolute Gasteiger partial charge is 0.460 e. The average molecular weight is 303 g/mol. The van der Waals surface area contributed by atoms with Crippen molar-refractivity contribution in [1.29, 1.82) is 0 Å². The maximum atomic E-state index is 11.8. The van der Waals surface area contributed by atoms with Crippen LogP contribution in [0, 0.1) is 0 Å². The van der Waals surface area contributed by atoms with E-state index in [9.17, 15) is 4.79 Å². The number of carbonyl (C=O) groups excluding carboxylic acids is 1. The van der Waals surface area contributed by atoms with Gasteiger partial charge in [-0.3, -0.25) is 4.79 Å². The number of esters is 1. The van der Waals surface area contributed by atoms with Crippen LogP contribution in [0.4, 0.5) is 0 Å². The second-order valence-electron chi connectivity index (χ2n) is 4.57. The fourth-order valence-corrected chi connectivity index (χ4v) is 2.11. The number of ether oxygens (including phenoxy) is 1. The van der Waals surface area contributed by atoms with Crippen LogP contribution in [0.3, 0.4) is 0 Å². The maximum Gasteiger partial charge on any atom is 0.323 e. The Morgan fingerprint density at radius 1 is 1.10 bits per heavy atom. The Bertz CT molecular complexity index is 572. The Morgan fingerprint density at radius 3 is 2.43 bits per heavy atom. The number of thiol groups is 1. The molecule has 2 rings (SSSR count). The molecule has 0 aliphatic carbocycles. The first-order chi connectivity index (χ1) is 9.65. The second-order valence-corrected chi connectivity index (χ2v) is 5.09. The Morgan fingerprint density at radius 2 is 1.76 bits per heavy atom. The van der Waals surface area contributed by atoms with E-state index >= 15 is 0 Å². The van der Waals surface area contributed by atoms with E-state index in [-0.39, 0.29) is 14.0 Å². The quantitative estimate of drug-likeness (QED) is 0.658. The molecule has 0 heterocycles. The average Bonchev–Trinajstić information content (AvgIpc) is 2.46. The van der Waals surface area contributed by atoms with Crippen LogP contribution in [0.15, 0.2) is 59.5 Å². The summed E-state index contributed by atoms with van der Waals surface area (Å²) >= 11 is 4.26. The van der Waals surface area contributed by atoms with E-state index in [1.807, 2.05) is 54.6 Å². The minimum absolute atomic E-state index is 0. The molecule has 0 saturated carbocycles. The number of hydrogen-bond donors (Lipinski definition) is 2. The molecule has 0 saturated heterocycles. The molecule has 112 valence electrons. The SMILES string of the molecule is C.NC(Cc1cccc(S)c1)C(=O)OCc1ccccc1. The van der Waals surface area contributed by atoms with Crippen LogP contribution in [-0.2, 0) is 22.6 Å². The van der Waals surface area contributed by atoms with E-state index in [2.05, 4.69) is 12.6 Å². The van der Waals surface area contributed by atoms with Gasteiger partial charge in [0.2, 0.25) is 0 Å². The summed E-state index contributed by atoms with van der Waals surface area (Å²) in [5.74, 6) is -0.390. The second kappa shape index (κ2) is 8.49. The molecule has 3 nitrogen and oxygen atoms in total. The zero-order valence-corrected chi connectivity index (χ0v) is 11.9. The third kappa shape index (κ3) is 5.61. The van der Waals surface area contributed by atoms with Crippen LogP contribution in [0.1, 0.15) is 18.6 Å². The molecule has 0 amide bonds. The lowest BCUT2D eigenvalue weighted by molar-refractivity contribution is -0.146. The number of nitrogens with two attached hydrogens (primary N) is 1. The summed E-state index contributed by atoms with van der Waals surface area (Å²) in [5, 5.41) is 0. The van der Waals surface area contributed by atoms with Gasteiger partial charge in [-0.1, -0.05) is 49.9 Å². The van der Waals surface area contributed by atoms with Gasteiger partial charge in [-0.2, -0.15) is 0 Å². The molecule has 0 fully saturated rings. The molecule has 0 aliphatic rings. The lowest BCUT2D eigenvalue weighted by atomic mass is 10.1. The first-order valence-corrected chi connectivity index (χ1v) is 6.84.